The van der Waals surface area contributed by atoms with Crippen LogP contribution >= 0.6 is 23.2 Å². The summed E-state index contributed by atoms with van der Waals surface area (Å²) < 4.78 is 3.07. The van der Waals surface area contributed by atoms with E-state index in [-0.39, 0.29) is 5.56 Å². The Morgan fingerprint density at radius 3 is 2.72 bits per heavy atom. The quantitative estimate of drug-likeness (QED) is 0.404. The van der Waals surface area contributed by atoms with Crippen molar-refractivity contribution >= 4 is 62.6 Å². The van der Waals surface area contributed by atoms with Crippen molar-refractivity contribution in [3.05, 3.63) is 81.6 Å². The number of nitrogens with one attached hydrogen (secondary N) is 2. The number of para-hydroxylation sites is 1. The van der Waals surface area contributed by atoms with Gasteiger partial charge in [-0.3, -0.25) is 14.3 Å². The molecular formula is C21H12Cl2N8O. The third-order valence-electron chi connectivity index (χ3n) is 5.11. The van der Waals surface area contributed by atoms with Gasteiger partial charge in [-0.1, -0.05) is 29.3 Å². The van der Waals surface area contributed by atoms with E-state index in [1.165, 1.54) is 10.8 Å². The lowest BCUT2D eigenvalue weighted by Crippen LogP contribution is -2.23. The van der Waals surface area contributed by atoms with Gasteiger partial charge in [0.05, 0.1) is 27.4 Å². The van der Waals surface area contributed by atoms with Gasteiger partial charge in [0, 0.05) is 29.7 Å². The van der Waals surface area contributed by atoms with Crippen LogP contribution in [0.2, 0.25) is 10.0 Å². The molecule has 4 aromatic heterocycles. The average Bonchev–Trinajstić information content (AvgIpc) is 3.45. The molecule has 0 saturated carbocycles. The largest absolute Gasteiger partial charge is 0.324 e. The van der Waals surface area contributed by atoms with Crippen LogP contribution in [0.3, 0.4) is 0 Å². The number of halogens is 2. The van der Waals surface area contributed by atoms with Crippen LogP contribution < -0.4 is 10.9 Å². The molecule has 0 unspecified atom stereocenters. The molecular weight excluding hydrogens is 451 g/mol. The monoisotopic (exact) mass is 462 g/mol. The Labute approximate surface area is 189 Å². The van der Waals surface area contributed by atoms with E-state index in [0.29, 0.717) is 38.5 Å². The van der Waals surface area contributed by atoms with E-state index in [1.807, 2.05) is 18.2 Å². The molecule has 6 aromatic rings. The van der Waals surface area contributed by atoms with Gasteiger partial charge in [-0.2, -0.15) is 10.1 Å². The molecule has 0 atom stereocenters. The molecule has 11 heteroatoms. The van der Waals surface area contributed by atoms with E-state index in [1.54, 1.807) is 41.2 Å². The number of aromatic amines is 1. The van der Waals surface area contributed by atoms with E-state index < -0.39 is 0 Å². The van der Waals surface area contributed by atoms with Crippen molar-refractivity contribution in [2.45, 2.75) is 0 Å². The smallest absolute Gasteiger partial charge is 0.270 e. The van der Waals surface area contributed by atoms with Crippen LogP contribution in [-0.4, -0.2) is 34.1 Å². The lowest BCUT2D eigenvalue weighted by Gasteiger charge is -2.13. The van der Waals surface area contributed by atoms with Gasteiger partial charge in [-0.25, -0.2) is 14.5 Å². The highest BCUT2D eigenvalue weighted by molar-refractivity contribution is 6.37. The fraction of sp³-hybridized carbons (Fsp3) is 0. The second-order valence-corrected chi connectivity index (χ2v) is 7.85. The van der Waals surface area contributed by atoms with Gasteiger partial charge in [0.1, 0.15) is 5.39 Å². The molecule has 32 heavy (non-hydrogen) atoms. The molecule has 0 amide bonds. The molecule has 0 radical (unpaired) electrons. The Balaban J connectivity index is 1.55. The zero-order chi connectivity index (χ0) is 21.8. The standard InChI is InChI=1S/C21H12Cl2N8O/c22-14-2-1-3-15(23)17(14)31-19(32)13-10-25-20(28-18(13)30-7-6-24-21(30)31)27-12-5-4-11-9-26-29-16(11)8-12/h1-10H,(H,26,29)(H,25,27,28). The highest BCUT2D eigenvalue weighted by Gasteiger charge is 2.19. The average molecular weight is 463 g/mol. The van der Waals surface area contributed by atoms with E-state index in [2.05, 4.69) is 30.5 Å². The van der Waals surface area contributed by atoms with Crippen molar-refractivity contribution in [1.29, 1.82) is 0 Å². The number of anilines is 2. The van der Waals surface area contributed by atoms with Crippen molar-refractivity contribution in [3.63, 3.8) is 0 Å². The molecule has 6 rings (SSSR count). The van der Waals surface area contributed by atoms with Gasteiger partial charge >= 0.3 is 0 Å². The lowest BCUT2D eigenvalue weighted by molar-refractivity contribution is 0.962. The molecule has 0 aliphatic heterocycles. The molecule has 0 fully saturated rings. The second-order valence-electron chi connectivity index (χ2n) is 7.04. The number of aromatic nitrogens is 7. The first-order valence-corrected chi connectivity index (χ1v) is 10.2. The Kier molecular flexibility index (Phi) is 4.14. The predicted molar refractivity (Wildman–Crippen MR) is 123 cm³/mol. The summed E-state index contributed by atoms with van der Waals surface area (Å²) >= 11 is 12.7. The van der Waals surface area contributed by atoms with Crippen LogP contribution in [0.1, 0.15) is 0 Å². The molecule has 4 heterocycles. The highest BCUT2D eigenvalue weighted by Crippen LogP contribution is 2.29. The topological polar surface area (TPSA) is 106 Å². The number of nitrogens with zero attached hydrogens (tertiary/aromatic N) is 6. The number of hydrogen-bond donors (Lipinski definition) is 2. The maximum Gasteiger partial charge on any atom is 0.270 e. The first kappa shape index (κ1) is 18.8. The van der Waals surface area contributed by atoms with Gasteiger partial charge in [0.25, 0.3) is 5.56 Å². The summed E-state index contributed by atoms with van der Waals surface area (Å²) in [7, 11) is 0. The normalized spacial score (nSPS) is 11.6. The van der Waals surface area contributed by atoms with Crippen LogP contribution in [0, 0.1) is 0 Å². The minimum Gasteiger partial charge on any atom is -0.324 e. The maximum absolute atomic E-state index is 13.4. The van der Waals surface area contributed by atoms with Gasteiger partial charge in [0.2, 0.25) is 11.7 Å². The third kappa shape index (κ3) is 2.83. The minimum atomic E-state index is -0.376. The van der Waals surface area contributed by atoms with Gasteiger partial charge < -0.3 is 5.32 Å². The van der Waals surface area contributed by atoms with Gasteiger partial charge in [0.15, 0.2) is 5.65 Å². The first-order chi connectivity index (χ1) is 15.6. The number of H-pyrrole nitrogens is 1. The molecule has 0 saturated heterocycles. The fourth-order valence-electron chi connectivity index (χ4n) is 3.65. The molecule has 0 aliphatic carbocycles. The summed E-state index contributed by atoms with van der Waals surface area (Å²) in [5.41, 5.74) is 2.04. The number of benzene rings is 2. The Morgan fingerprint density at radius 1 is 1.03 bits per heavy atom. The second kappa shape index (κ2) is 7.04. The van der Waals surface area contributed by atoms with Crippen LogP contribution in [0.15, 0.2) is 66.0 Å². The molecule has 0 spiro atoms. The molecule has 2 aromatic carbocycles. The molecule has 0 aliphatic rings. The predicted octanol–water partition coefficient (Wildman–Crippen LogP) is 4.36. The van der Waals surface area contributed by atoms with Crippen LogP contribution in [0.5, 0.6) is 0 Å². The summed E-state index contributed by atoms with van der Waals surface area (Å²) in [4.78, 5) is 26.7. The Bertz CT molecular complexity index is 1700. The Hall–Kier alpha value is -3.95. The van der Waals surface area contributed by atoms with Crippen molar-refractivity contribution in [1.82, 2.24) is 34.1 Å². The van der Waals surface area contributed by atoms with Gasteiger partial charge in [-0.15, -0.1) is 0 Å². The maximum atomic E-state index is 13.4. The summed E-state index contributed by atoms with van der Waals surface area (Å²) in [5, 5.41) is 12.1. The van der Waals surface area contributed by atoms with E-state index in [0.717, 1.165) is 16.6 Å². The molecule has 2 N–H and O–H groups in total. The minimum absolute atomic E-state index is 0.293. The number of imidazole rings is 1. The van der Waals surface area contributed by atoms with E-state index >= 15 is 0 Å². The van der Waals surface area contributed by atoms with Crippen molar-refractivity contribution in [2.75, 3.05) is 5.32 Å². The fourth-order valence-corrected chi connectivity index (χ4v) is 4.22. The molecule has 0 bridgehead atoms. The Morgan fingerprint density at radius 2 is 1.88 bits per heavy atom. The van der Waals surface area contributed by atoms with Crippen molar-refractivity contribution < 1.29 is 0 Å². The van der Waals surface area contributed by atoms with Gasteiger partial charge in [-0.05, 0) is 30.3 Å². The number of hydrogen-bond acceptors (Lipinski definition) is 6. The summed E-state index contributed by atoms with van der Waals surface area (Å²) in [6.07, 6.45) is 6.52. The highest BCUT2D eigenvalue weighted by atomic mass is 35.5. The van der Waals surface area contributed by atoms with Crippen LogP contribution in [0.4, 0.5) is 11.6 Å². The lowest BCUT2D eigenvalue weighted by atomic mass is 10.2. The number of rotatable bonds is 3. The first-order valence-electron chi connectivity index (χ1n) is 9.49. The summed E-state index contributed by atoms with van der Waals surface area (Å²) in [5.74, 6) is 0.667. The summed E-state index contributed by atoms with van der Waals surface area (Å²) in [6, 6.07) is 10.8. The zero-order valence-corrected chi connectivity index (χ0v) is 17.6. The van der Waals surface area contributed by atoms with Crippen molar-refractivity contribution in [2.24, 2.45) is 0 Å². The SMILES string of the molecule is O=c1c2cnc(Nc3ccc4cn[nH]c4c3)nc2n2ccnc2n1-c1c(Cl)cccc1Cl. The molecule has 156 valence electrons. The molecule has 9 nitrogen and oxygen atoms in total. The van der Waals surface area contributed by atoms with Crippen LogP contribution in [-0.2, 0) is 0 Å². The van der Waals surface area contributed by atoms with E-state index in [4.69, 9.17) is 23.2 Å². The van der Waals surface area contributed by atoms with E-state index in [9.17, 15) is 4.79 Å². The van der Waals surface area contributed by atoms with Crippen molar-refractivity contribution in [3.8, 4) is 5.69 Å². The number of fused-ring (bicyclic) bond motifs is 4. The third-order valence-corrected chi connectivity index (χ3v) is 5.72. The van der Waals surface area contributed by atoms with Crippen LogP contribution in [0.25, 0.3) is 33.4 Å². The zero-order valence-electron chi connectivity index (χ0n) is 16.1. The summed E-state index contributed by atoms with van der Waals surface area (Å²) in [6.45, 7) is 0.